The van der Waals surface area contributed by atoms with E-state index in [1.54, 1.807) is 26.0 Å². The molecule has 0 saturated heterocycles. The molecule has 11 heteroatoms. The van der Waals surface area contributed by atoms with Crippen molar-refractivity contribution in [2.24, 2.45) is 0 Å². The van der Waals surface area contributed by atoms with Gasteiger partial charge in [0.2, 0.25) is 5.91 Å². The van der Waals surface area contributed by atoms with Crippen molar-refractivity contribution in [3.8, 4) is 17.6 Å². The molecule has 1 aliphatic heterocycles. The zero-order valence-electron chi connectivity index (χ0n) is 22.1. The van der Waals surface area contributed by atoms with Crippen molar-refractivity contribution < 1.29 is 32.3 Å². The lowest BCUT2D eigenvalue weighted by Crippen LogP contribution is -2.38. The van der Waals surface area contributed by atoms with E-state index in [1.807, 2.05) is 13.0 Å². The summed E-state index contributed by atoms with van der Waals surface area (Å²) in [6.07, 6.45) is 2.15. The summed E-state index contributed by atoms with van der Waals surface area (Å²) in [4.78, 5) is 41.0. The molecule has 3 rings (SSSR count). The van der Waals surface area contributed by atoms with Crippen LogP contribution in [0.2, 0.25) is 0 Å². The molecule has 1 heterocycles. The molecule has 202 valence electrons. The Morgan fingerprint density at radius 1 is 1.11 bits per heavy atom. The second-order valence-corrected chi connectivity index (χ2v) is 11.1. The third-order valence-electron chi connectivity index (χ3n) is 6.16. The zero-order valence-corrected chi connectivity index (χ0v) is 22.9. The van der Waals surface area contributed by atoms with Crippen molar-refractivity contribution in [3.63, 3.8) is 0 Å². The van der Waals surface area contributed by atoms with Gasteiger partial charge in [0.25, 0.3) is 11.8 Å². The van der Waals surface area contributed by atoms with Gasteiger partial charge in [-0.3, -0.25) is 19.3 Å². The van der Waals surface area contributed by atoms with E-state index in [2.05, 4.69) is 5.32 Å². The van der Waals surface area contributed by atoms with Gasteiger partial charge >= 0.3 is 0 Å². The first kappa shape index (κ1) is 28.7. The van der Waals surface area contributed by atoms with E-state index in [4.69, 9.17) is 9.47 Å². The minimum absolute atomic E-state index is 0.0275. The predicted octanol–water partition coefficient (Wildman–Crippen LogP) is 3.65. The summed E-state index contributed by atoms with van der Waals surface area (Å²) in [5, 5.41) is 12.6. The van der Waals surface area contributed by atoms with Crippen LogP contribution in [0.25, 0.3) is 0 Å². The van der Waals surface area contributed by atoms with Gasteiger partial charge in [-0.1, -0.05) is 19.9 Å². The highest BCUT2D eigenvalue weighted by molar-refractivity contribution is 7.90. The van der Waals surface area contributed by atoms with Gasteiger partial charge in [-0.25, -0.2) is 8.42 Å². The van der Waals surface area contributed by atoms with Crippen LogP contribution in [0.5, 0.6) is 11.5 Å². The van der Waals surface area contributed by atoms with Gasteiger partial charge in [-0.2, -0.15) is 5.26 Å². The van der Waals surface area contributed by atoms with E-state index in [0.717, 1.165) is 11.2 Å². The first-order valence-corrected chi connectivity index (χ1v) is 14.3. The molecule has 0 radical (unpaired) electrons. The number of carbonyl (C=O) groups is 3. The normalized spacial score (nSPS) is 13.6. The molecular weight excluding hydrogens is 510 g/mol. The summed E-state index contributed by atoms with van der Waals surface area (Å²) in [5.41, 5.74) is 0.715. The van der Waals surface area contributed by atoms with Crippen LogP contribution >= 0.6 is 0 Å². The number of nitrogens with one attached hydrogen (secondary N) is 1. The van der Waals surface area contributed by atoms with Gasteiger partial charge in [0.1, 0.15) is 15.9 Å². The number of methoxy groups -OCH3 is 1. The van der Waals surface area contributed by atoms with Crippen LogP contribution in [0.4, 0.5) is 5.69 Å². The van der Waals surface area contributed by atoms with Crippen LogP contribution in [-0.2, 0) is 21.1 Å². The maximum Gasteiger partial charge on any atom is 0.264 e. The predicted molar refractivity (Wildman–Crippen MR) is 141 cm³/mol. The smallest absolute Gasteiger partial charge is 0.264 e. The Balaban J connectivity index is 2.24. The Labute approximate surface area is 222 Å². The molecule has 10 nitrogen and oxygen atoms in total. The lowest BCUT2D eigenvalue weighted by atomic mass is 9.94. The van der Waals surface area contributed by atoms with Crippen molar-refractivity contribution >= 4 is 33.2 Å². The Morgan fingerprint density at radius 2 is 1.79 bits per heavy atom. The van der Waals surface area contributed by atoms with Crippen LogP contribution in [0.15, 0.2) is 24.3 Å². The number of amides is 3. The largest absolute Gasteiger partial charge is 0.493 e. The van der Waals surface area contributed by atoms with Gasteiger partial charge in [0.15, 0.2) is 11.5 Å². The maximum atomic E-state index is 13.9. The fraction of sp³-hybridized carbons (Fsp3) is 0.407. The average Bonchev–Trinajstić information content (AvgIpc) is 3.12. The first-order valence-electron chi connectivity index (χ1n) is 12.3. The number of aryl methyl sites for hydroxylation is 1. The highest BCUT2D eigenvalue weighted by atomic mass is 32.2. The number of carbonyl (C=O) groups excluding carboxylic acids is 3. The second kappa shape index (κ2) is 11.6. The Kier molecular flexibility index (Phi) is 8.78. The lowest BCUT2D eigenvalue weighted by Gasteiger charge is -2.27. The number of ether oxygens (including phenoxy) is 2. The number of nitriles is 1. The van der Waals surface area contributed by atoms with E-state index < -0.39 is 33.4 Å². The number of sulfone groups is 1. The first-order chi connectivity index (χ1) is 18.0. The molecule has 3 amide bonds. The summed E-state index contributed by atoms with van der Waals surface area (Å²) >= 11 is 0. The Morgan fingerprint density at radius 3 is 2.34 bits per heavy atom. The number of hydrogen-bond acceptors (Lipinski definition) is 8. The average molecular weight is 542 g/mol. The molecule has 1 atom stereocenters. The van der Waals surface area contributed by atoms with Crippen molar-refractivity contribution in [2.75, 3.05) is 31.0 Å². The summed E-state index contributed by atoms with van der Waals surface area (Å²) in [5.74, 6) is -1.78. The molecule has 1 N–H and O–H groups in total. The quantitative estimate of drug-likeness (QED) is 0.425. The number of anilines is 1. The number of hydrogen-bond donors (Lipinski definition) is 1. The van der Waals surface area contributed by atoms with E-state index in [9.17, 15) is 28.1 Å². The molecule has 0 unspecified atom stereocenters. The highest BCUT2D eigenvalue weighted by Gasteiger charge is 2.45. The minimum atomic E-state index is -3.70. The molecule has 1 aliphatic rings. The zero-order chi connectivity index (χ0) is 28.2. The number of benzene rings is 2. The molecule has 0 bridgehead atoms. The third-order valence-corrected chi connectivity index (χ3v) is 7.08. The van der Waals surface area contributed by atoms with E-state index >= 15 is 0 Å². The van der Waals surface area contributed by atoms with Crippen molar-refractivity contribution in [3.05, 3.63) is 52.1 Å². The number of fused-ring (bicyclic) bond motifs is 1. The standard InChI is InChI=1S/C27H31N3O7S/c1-6-9-23(31)29-19-12-16(7-2)18(14-28)24-25(19)27(33)30(26(24)32)20(15-38(5,34)35)17-10-11-21(36-4)22(13-17)37-8-3/h10-13,20H,6-9,15H2,1-5H3,(H,29,31)/t20-/m1/s1. The maximum absolute atomic E-state index is 13.9. The minimum Gasteiger partial charge on any atom is -0.493 e. The van der Waals surface area contributed by atoms with Crippen LogP contribution < -0.4 is 14.8 Å². The molecule has 2 aromatic carbocycles. The monoisotopic (exact) mass is 541 g/mol. The number of nitrogens with zero attached hydrogens (tertiary/aromatic N) is 2. The third kappa shape index (κ3) is 5.65. The van der Waals surface area contributed by atoms with Gasteiger partial charge in [0.05, 0.1) is 47.9 Å². The summed E-state index contributed by atoms with van der Waals surface area (Å²) < 4.78 is 35.9. The molecule has 2 aromatic rings. The second-order valence-electron chi connectivity index (χ2n) is 8.90. The topological polar surface area (TPSA) is 143 Å². The molecule has 38 heavy (non-hydrogen) atoms. The highest BCUT2D eigenvalue weighted by Crippen LogP contribution is 2.40. The fourth-order valence-corrected chi connectivity index (χ4v) is 5.43. The van der Waals surface area contributed by atoms with Gasteiger partial charge < -0.3 is 14.8 Å². The molecule has 0 aromatic heterocycles. The van der Waals surface area contributed by atoms with Gasteiger partial charge in [-0.15, -0.1) is 0 Å². The van der Waals surface area contributed by atoms with E-state index in [1.165, 1.54) is 19.2 Å². The van der Waals surface area contributed by atoms with E-state index in [-0.39, 0.29) is 34.7 Å². The lowest BCUT2D eigenvalue weighted by molar-refractivity contribution is -0.116. The fourth-order valence-electron chi connectivity index (χ4n) is 4.51. The molecule has 0 spiro atoms. The number of imide groups is 1. The summed E-state index contributed by atoms with van der Waals surface area (Å²) in [7, 11) is -2.24. The van der Waals surface area contributed by atoms with E-state index in [0.29, 0.717) is 42.1 Å². The van der Waals surface area contributed by atoms with Crippen molar-refractivity contribution in [2.45, 2.75) is 46.1 Å². The molecule has 0 aliphatic carbocycles. The van der Waals surface area contributed by atoms with Crippen LogP contribution in [-0.4, -0.2) is 56.8 Å². The molecule has 0 fully saturated rings. The van der Waals surface area contributed by atoms with Crippen LogP contribution in [0.1, 0.15) is 77.1 Å². The Hall–Kier alpha value is -3.91. The van der Waals surface area contributed by atoms with Gasteiger partial charge in [-0.05, 0) is 49.1 Å². The van der Waals surface area contributed by atoms with Crippen molar-refractivity contribution in [1.29, 1.82) is 5.26 Å². The summed E-state index contributed by atoms with van der Waals surface area (Å²) in [6, 6.07) is 7.00. The SMILES string of the molecule is CCCC(=O)Nc1cc(CC)c(C#N)c2c1C(=O)N([C@H](CS(C)(=O)=O)c1ccc(OC)c(OCC)c1)C2=O. The number of rotatable bonds is 11. The van der Waals surface area contributed by atoms with Crippen LogP contribution in [0, 0.1) is 11.3 Å². The summed E-state index contributed by atoms with van der Waals surface area (Å²) in [6.45, 7) is 5.69. The Bertz CT molecular complexity index is 1430. The molecule has 0 saturated carbocycles. The van der Waals surface area contributed by atoms with Gasteiger partial charge in [0, 0.05) is 12.7 Å². The van der Waals surface area contributed by atoms with Crippen LogP contribution in [0.3, 0.4) is 0 Å². The van der Waals surface area contributed by atoms with Crippen molar-refractivity contribution in [1.82, 2.24) is 4.90 Å². The molecular formula is C27H31N3O7S.